The van der Waals surface area contributed by atoms with E-state index in [4.69, 9.17) is 19.9 Å². The Kier molecular flexibility index (Phi) is 3.36. The zero-order chi connectivity index (χ0) is 20.9. The zero-order valence-electron chi connectivity index (χ0n) is 18.5. The van der Waals surface area contributed by atoms with Gasteiger partial charge in [0.1, 0.15) is 5.82 Å². The number of pyridine rings is 1. The normalized spacial score (nSPS) is 18.1. The number of nitrogens with zero attached hydrogens (tertiary/aromatic N) is 6. The number of rotatable bonds is 0. The average molecular weight is 389 g/mol. The molecule has 6 nitrogen and oxygen atoms in total. The van der Waals surface area contributed by atoms with Crippen molar-refractivity contribution in [2.24, 2.45) is 0 Å². The topological polar surface area (TPSA) is 68.9 Å². The summed E-state index contributed by atoms with van der Waals surface area (Å²) < 4.78 is 2.05. The molecule has 4 heterocycles. The van der Waals surface area contributed by atoms with Crippen molar-refractivity contribution >= 4 is 27.8 Å². The van der Waals surface area contributed by atoms with Gasteiger partial charge in [0.05, 0.1) is 22.6 Å². The molecule has 0 aromatic carbocycles. The minimum absolute atomic E-state index is 0.00544. The SMILES string of the molecule is Cc1nc2c(C(C)(C)C)nccc2c2nc3nc4c(nc3n12)C(C)(C)CC4(C)C. The highest BCUT2D eigenvalue weighted by Gasteiger charge is 2.45. The van der Waals surface area contributed by atoms with E-state index in [-0.39, 0.29) is 16.2 Å². The molecule has 0 N–H and O–H groups in total. The van der Waals surface area contributed by atoms with Crippen LogP contribution in [-0.4, -0.2) is 29.3 Å². The minimum Gasteiger partial charge on any atom is -0.262 e. The van der Waals surface area contributed by atoms with Crippen molar-refractivity contribution in [2.75, 3.05) is 0 Å². The van der Waals surface area contributed by atoms with E-state index in [1.54, 1.807) is 0 Å². The van der Waals surface area contributed by atoms with Gasteiger partial charge in [0.25, 0.3) is 0 Å². The molecule has 0 amide bonds. The van der Waals surface area contributed by atoms with Crippen LogP contribution in [-0.2, 0) is 16.2 Å². The number of aromatic nitrogens is 6. The largest absolute Gasteiger partial charge is 0.262 e. The van der Waals surface area contributed by atoms with E-state index in [0.29, 0.717) is 5.65 Å². The van der Waals surface area contributed by atoms with Crippen LogP contribution in [0.1, 0.15) is 77.8 Å². The van der Waals surface area contributed by atoms with Gasteiger partial charge in [0, 0.05) is 27.8 Å². The highest BCUT2D eigenvalue weighted by atomic mass is 15.2. The smallest absolute Gasteiger partial charge is 0.198 e. The maximum absolute atomic E-state index is 5.11. The molecule has 4 aromatic rings. The molecule has 6 heteroatoms. The van der Waals surface area contributed by atoms with Crippen LogP contribution >= 0.6 is 0 Å². The first-order valence-corrected chi connectivity index (χ1v) is 10.3. The van der Waals surface area contributed by atoms with Gasteiger partial charge in [-0.25, -0.2) is 19.9 Å². The molecule has 0 saturated heterocycles. The van der Waals surface area contributed by atoms with Gasteiger partial charge < -0.3 is 0 Å². The fourth-order valence-electron chi connectivity index (χ4n) is 5.10. The summed E-state index contributed by atoms with van der Waals surface area (Å²) in [6.07, 6.45) is 2.89. The molecule has 0 unspecified atom stereocenters. The molecule has 4 aromatic heterocycles. The van der Waals surface area contributed by atoms with Crippen LogP contribution in [0.25, 0.3) is 27.8 Å². The number of fused-ring (bicyclic) bond motifs is 6. The summed E-state index contributed by atoms with van der Waals surface area (Å²) in [6.45, 7) is 17.5. The molecule has 0 radical (unpaired) electrons. The van der Waals surface area contributed by atoms with E-state index >= 15 is 0 Å². The van der Waals surface area contributed by atoms with E-state index in [0.717, 1.165) is 51.5 Å². The van der Waals surface area contributed by atoms with Crippen LogP contribution < -0.4 is 0 Å². The predicted octanol–water partition coefficient (Wildman–Crippen LogP) is 4.79. The van der Waals surface area contributed by atoms with Crippen molar-refractivity contribution in [1.82, 2.24) is 29.3 Å². The van der Waals surface area contributed by atoms with Gasteiger partial charge >= 0.3 is 0 Å². The van der Waals surface area contributed by atoms with Crippen LogP contribution in [0.15, 0.2) is 12.3 Å². The summed E-state index contributed by atoms with van der Waals surface area (Å²) >= 11 is 0. The first-order chi connectivity index (χ1) is 13.4. The summed E-state index contributed by atoms with van der Waals surface area (Å²) in [5.74, 6) is 0.859. The minimum atomic E-state index is -0.102. The summed E-state index contributed by atoms with van der Waals surface area (Å²) in [5, 5.41) is 0.994. The Labute approximate surface area is 170 Å². The summed E-state index contributed by atoms with van der Waals surface area (Å²) in [6, 6.07) is 2.00. The Morgan fingerprint density at radius 3 is 2.21 bits per heavy atom. The summed E-state index contributed by atoms with van der Waals surface area (Å²) in [4.78, 5) is 24.7. The second-order valence-electron chi connectivity index (χ2n) is 10.7. The van der Waals surface area contributed by atoms with Crippen LogP contribution in [0.5, 0.6) is 0 Å². The van der Waals surface area contributed by atoms with E-state index in [1.807, 2.05) is 19.2 Å². The van der Waals surface area contributed by atoms with Crippen LogP contribution in [0.3, 0.4) is 0 Å². The molecule has 0 fully saturated rings. The number of imidazole rings is 1. The molecule has 150 valence electrons. The summed E-state index contributed by atoms with van der Waals surface area (Å²) in [7, 11) is 0. The molecule has 0 saturated carbocycles. The van der Waals surface area contributed by atoms with Gasteiger partial charge in [-0.3, -0.25) is 9.38 Å². The van der Waals surface area contributed by atoms with Gasteiger partial charge in [-0.1, -0.05) is 48.5 Å². The van der Waals surface area contributed by atoms with E-state index in [2.05, 4.69) is 57.9 Å². The fourth-order valence-corrected chi connectivity index (χ4v) is 5.10. The van der Waals surface area contributed by atoms with E-state index in [1.165, 1.54) is 0 Å². The number of aryl methyl sites for hydroxylation is 1. The Morgan fingerprint density at radius 2 is 1.55 bits per heavy atom. The molecule has 5 rings (SSSR count). The summed E-state index contributed by atoms with van der Waals surface area (Å²) in [5.41, 5.74) is 6.29. The molecule has 0 bridgehead atoms. The highest BCUT2D eigenvalue weighted by Crippen LogP contribution is 2.48. The van der Waals surface area contributed by atoms with Crippen LogP contribution in [0.4, 0.5) is 0 Å². The standard InChI is InChI=1S/C23H28N6/c1-12-25-14-13(9-10-24-15(14)21(2,3)4)19-28-18-20(29(12)19)27-17-16(26-18)22(5,6)11-23(17,7)8/h9-10H,11H2,1-8H3. The van der Waals surface area contributed by atoms with E-state index < -0.39 is 0 Å². The third kappa shape index (κ3) is 2.44. The van der Waals surface area contributed by atoms with Gasteiger partial charge in [-0.2, -0.15) is 0 Å². The second-order valence-corrected chi connectivity index (χ2v) is 10.7. The Morgan fingerprint density at radius 1 is 0.897 bits per heavy atom. The van der Waals surface area contributed by atoms with Crippen molar-refractivity contribution in [3.8, 4) is 0 Å². The lowest BCUT2D eigenvalue weighted by Gasteiger charge is -2.21. The third-order valence-electron chi connectivity index (χ3n) is 6.13. The maximum Gasteiger partial charge on any atom is 0.198 e. The lowest BCUT2D eigenvalue weighted by atomic mass is 9.83. The van der Waals surface area contributed by atoms with Gasteiger partial charge in [-0.15, -0.1) is 0 Å². The quantitative estimate of drug-likeness (QED) is 0.433. The zero-order valence-corrected chi connectivity index (χ0v) is 18.5. The Balaban J connectivity index is 1.93. The average Bonchev–Trinajstić information content (AvgIpc) is 3.05. The lowest BCUT2D eigenvalue weighted by Crippen LogP contribution is -2.18. The molecule has 29 heavy (non-hydrogen) atoms. The van der Waals surface area contributed by atoms with Gasteiger partial charge in [0.2, 0.25) is 0 Å². The van der Waals surface area contributed by atoms with Crippen molar-refractivity contribution in [3.05, 3.63) is 35.2 Å². The van der Waals surface area contributed by atoms with Crippen LogP contribution in [0, 0.1) is 6.92 Å². The third-order valence-corrected chi connectivity index (χ3v) is 6.13. The molecule has 1 aliphatic carbocycles. The first-order valence-electron chi connectivity index (χ1n) is 10.3. The van der Waals surface area contributed by atoms with Crippen molar-refractivity contribution in [2.45, 2.75) is 78.1 Å². The predicted molar refractivity (Wildman–Crippen MR) is 115 cm³/mol. The molecule has 0 atom stereocenters. The second kappa shape index (κ2) is 5.29. The molecular weight excluding hydrogens is 360 g/mol. The number of hydrogen-bond acceptors (Lipinski definition) is 5. The maximum atomic E-state index is 5.11. The van der Waals surface area contributed by atoms with Gasteiger partial charge in [-0.05, 0) is 19.4 Å². The molecular formula is C23H28N6. The molecule has 0 aliphatic heterocycles. The lowest BCUT2D eigenvalue weighted by molar-refractivity contribution is 0.396. The monoisotopic (exact) mass is 388 g/mol. The van der Waals surface area contributed by atoms with Crippen molar-refractivity contribution in [3.63, 3.8) is 0 Å². The first kappa shape index (κ1) is 18.4. The van der Waals surface area contributed by atoms with Gasteiger partial charge in [0.15, 0.2) is 16.9 Å². The number of hydrogen-bond donors (Lipinski definition) is 0. The van der Waals surface area contributed by atoms with Crippen molar-refractivity contribution < 1.29 is 0 Å². The fraction of sp³-hybridized carbons (Fsp3) is 0.522. The highest BCUT2D eigenvalue weighted by molar-refractivity contribution is 5.96. The van der Waals surface area contributed by atoms with Crippen LogP contribution in [0.2, 0.25) is 0 Å². The molecule has 1 aliphatic rings. The van der Waals surface area contributed by atoms with E-state index in [9.17, 15) is 0 Å². The molecule has 0 spiro atoms. The Hall–Kier alpha value is -2.63. The Bertz CT molecular complexity index is 1320. The van der Waals surface area contributed by atoms with Crippen molar-refractivity contribution in [1.29, 1.82) is 0 Å².